The molecule has 18 heavy (non-hydrogen) atoms. The number of hydrogen-bond donors (Lipinski definition) is 1. The van der Waals surface area contributed by atoms with Gasteiger partial charge in [-0.2, -0.15) is 0 Å². The van der Waals surface area contributed by atoms with Crippen molar-refractivity contribution in [1.82, 2.24) is 10.2 Å². The maximum atomic E-state index is 5.94. The molecule has 3 nitrogen and oxygen atoms in total. The average Bonchev–Trinajstić information content (AvgIpc) is 2.39. The summed E-state index contributed by atoms with van der Waals surface area (Å²) in [5.74, 6) is 0.755. The number of hydrogen-bond acceptors (Lipinski definition) is 3. The van der Waals surface area contributed by atoms with E-state index in [1.165, 1.54) is 12.8 Å². The molecule has 3 atom stereocenters. The molecule has 3 heteroatoms. The Morgan fingerprint density at radius 2 is 2.00 bits per heavy atom. The molecule has 106 valence electrons. The first-order chi connectivity index (χ1) is 8.61. The summed E-state index contributed by atoms with van der Waals surface area (Å²) < 4.78 is 5.94. The Kier molecular flexibility index (Phi) is 4.68. The molecule has 0 aromatic heterocycles. The summed E-state index contributed by atoms with van der Waals surface area (Å²) in [7, 11) is 0. The molecule has 1 saturated carbocycles. The molecule has 2 rings (SSSR count). The van der Waals surface area contributed by atoms with Crippen LogP contribution in [0.3, 0.4) is 0 Å². The third kappa shape index (κ3) is 2.59. The second-order valence-electron chi connectivity index (χ2n) is 6.38. The van der Waals surface area contributed by atoms with Gasteiger partial charge in [0, 0.05) is 37.1 Å². The van der Waals surface area contributed by atoms with Crippen LogP contribution in [0.5, 0.6) is 0 Å². The van der Waals surface area contributed by atoms with Crippen LogP contribution in [0.1, 0.15) is 40.5 Å². The van der Waals surface area contributed by atoms with Crippen molar-refractivity contribution in [3.8, 4) is 0 Å². The minimum Gasteiger partial charge on any atom is -0.377 e. The maximum absolute atomic E-state index is 5.94. The molecule has 0 aromatic rings. The Morgan fingerprint density at radius 1 is 1.28 bits per heavy atom. The van der Waals surface area contributed by atoms with E-state index in [0.29, 0.717) is 17.6 Å². The minimum absolute atomic E-state index is 0.314. The summed E-state index contributed by atoms with van der Waals surface area (Å²) in [5, 5.41) is 3.79. The lowest BCUT2D eigenvalue weighted by Gasteiger charge is -2.60. The van der Waals surface area contributed by atoms with Gasteiger partial charge in [0.1, 0.15) is 0 Å². The monoisotopic (exact) mass is 254 g/mol. The number of nitrogens with zero attached hydrogens (tertiary/aromatic N) is 1. The fourth-order valence-corrected chi connectivity index (χ4v) is 3.85. The second-order valence-corrected chi connectivity index (χ2v) is 6.38. The van der Waals surface area contributed by atoms with E-state index < -0.39 is 0 Å². The van der Waals surface area contributed by atoms with Crippen molar-refractivity contribution in [2.75, 3.05) is 32.8 Å². The molecule has 2 fully saturated rings. The van der Waals surface area contributed by atoms with Crippen LogP contribution in [0.2, 0.25) is 0 Å². The molecule has 1 saturated heterocycles. The van der Waals surface area contributed by atoms with Crippen molar-refractivity contribution in [1.29, 1.82) is 0 Å². The average molecular weight is 254 g/mol. The van der Waals surface area contributed by atoms with Gasteiger partial charge in [-0.05, 0) is 25.9 Å². The van der Waals surface area contributed by atoms with E-state index in [-0.39, 0.29) is 0 Å². The van der Waals surface area contributed by atoms with Crippen LogP contribution in [0, 0.1) is 11.3 Å². The van der Waals surface area contributed by atoms with Gasteiger partial charge in [-0.15, -0.1) is 0 Å². The Morgan fingerprint density at radius 3 is 2.67 bits per heavy atom. The van der Waals surface area contributed by atoms with E-state index >= 15 is 0 Å². The maximum Gasteiger partial charge on any atom is 0.0684 e. The van der Waals surface area contributed by atoms with Crippen molar-refractivity contribution in [2.24, 2.45) is 11.3 Å². The highest BCUT2D eigenvalue weighted by molar-refractivity contribution is 5.10. The van der Waals surface area contributed by atoms with Gasteiger partial charge in [0.15, 0.2) is 0 Å². The van der Waals surface area contributed by atoms with Gasteiger partial charge in [-0.1, -0.05) is 27.7 Å². The summed E-state index contributed by atoms with van der Waals surface area (Å²) in [6, 6.07) is 0.651. The van der Waals surface area contributed by atoms with Crippen LogP contribution in [-0.2, 0) is 4.74 Å². The summed E-state index contributed by atoms with van der Waals surface area (Å²) >= 11 is 0. The van der Waals surface area contributed by atoms with Gasteiger partial charge in [-0.3, -0.25) is 0 Å². The predicted octanol–water partition coefficient (Wildman–Crippen LogP) is 2.12. The number of fused-ring (bicyclic) bond motifs is 1. The lowest BCUT2D eigenvalue weighted by Crippen LogP contribution is -2.69. The zero-order chi connectivity index (χ0) is 13.2. The quantitative estimate of drug-likeness (QED) is 0.786. The lowest BCUT2D eigenvalue weighted by molar-refractivity contribution is -0.192. The molecular weight excluding hydrogens is 224 g/mol. The van der Waals surface area contributed by atoms with E-state index in [9.17, 15) is 0 Å². The Bertz CT molecular complexity index is 263. The normalized spacial score (nSPS) is 34.2. The van der Waals surface area contributed by atoms with E-state index in [1.54, 1.807) is 0 Å². The van der Waals surface area contributed by atoms with Gasteiger partial charge in [0.2, 0.25) is 0 Å². The van der Waals surface area contributed by atoms with Crippen LogP contribution < -0.4 is 5.32 Å². The van der Waals surface area contributed by atoms with E-state index in [1.807, 2.05) is 0 Å². The van der Waals surface area contributed by atoms with Gasteiger partial charge in [0.05, 0.1) is 6.10 Å². The highest BCUT2D eigenvalue weighted by Crippen LogP contribution is 2.51. The highest BCUT2D eigenvalue weighted by atomic mass is 16.5. The van der Waals surface area contributed by atoms with E-state index in [4.69, 9.17) is 4.74 Å². The number of ether oxygens (including phenoxy) is 1. The SMILES string of the molecule is CCN(CC)CCNC1C2CCCOC2C1(C)C. The fraction of sp³-hybridized carbons (Fsp3) is 1.00. The fourth-order valence-electron chi connectivity index (χ4n) is 3.85. The lowest BCUT2D eigenvalue weighted by atomic mass is 9.55. The number of likely N-dealkylation sites (N-methyl/N-ethyl adjacent to an activating group) is 1. The Labute approximate surface area is 112 Å². The van der Waals surface area contributed by atoms with Crippen molar-refractivity contribution in [2.45, 2.75) is 52.7 Å². The van der Waals surface area contributed by atoms with Crippen LogP contribution in [0.15, 0.2) is 0 Å². The zero-order valence-electron chi connectivity index (χ0n) is 12.5. The molecule has 0 amide bonds. The molecule has 0 aromatic carbocycles. The molecule has 1 N–H and O–H groups in total. The van der Waals surface area contributed by atoms with E-state index in [0.717, 1.165) is 38.7 Å². The first-order valence-electron chi connectivity index (χ1n) is 7.68. The van der Waals surface area contributed by atoms with Crippen LogP contribution in [0.4, 0.5) is 0 Å². The van der Waals surface area contributed by atoms with Crippen LogP contribution in [0.25, 0.3) is 0 Å². The topological polar surface area (TPSA) is 24.5 Å². The van der Waals surface area contributed by atoms with Gasteiger partial charge >= 0.3 is 0 Å². The standard InChI is InChI=1S/C15H30N2O/c1-5-17(6-2)10-9-16-13-12-8-7-11-18-14(12)15(13,3)4/h12-14,16H,5-11H2,1-4H3. The molecule has 2 aliphatic rings. The number of nitrogens with one attached hydrogen (secondary N) is 1. The van der Waals surface area contributed by atoms with Crippen molar-refractivity contribution in [3.63, 3.8) is 0 Å². The smallest absolute Gasteiger partial charge is 0.0684 e. The van der Waals surface area contributed by atoms with Crippen LogP contribution >= 0.6 is 0 Å². The molecular formula is C15H30N2O. The van der Waals surface area contributed by atoms with Gasteiger partial charge < -0.3 is 15.0 Å². The third-order valence-electron chi connectivity index (χ3n) is 5.02. The number of rotatable bonds is 6. The van der Waals surface area contributed by atoms with Gasteiger partial charge in [-0.25, -0.2) is 0 Å². The molecule has 0 spiro atoms. The molecule has 1 heterocycles. The summed E-state index contributed by atoms with van der Waals surface area (Å²) in [6.45, 7) is 14.7. The third-order valence-corrected chi connectivity index (χ3v) is 5.02. The van der Waals surface area contributed by atoms with Crippen molar-refractivity contribution in [3.05, 3.63) is 0 Å². The van der Waals surface area contributed by atoms with Crippen LogP contribution in [-0.4, -0.2) is 49.8 Å². The van der Waals surface area contributed by atoms with Crippen molar-refractivity contribution < 1.29 is 4.74 Å². The largest absolute Gasteiger partial charge is 0.377 e. The highest BCUT2D eigenvalue weighted by Gasteiger charge is 2.57. The predicted molar refractivity (Wildman–Crippen MR) is 75.8 cm³/mol. The molecule has 0 radical (unpaired) electrons. The van der Waals surface area contributed by atoms with Crippen molar-refractivity contribution >= 4 is 0 Å². The first kappa shape index (κ1) is 14.3. The van der Waals surface area contributed by atoms with E-state index in [2.05, 4.69) is 37.9 Å². The summed E-state index contributed by atoms with van der Waals surface area (Å²) in [4.78, 5) is 2.48. The van der Waals surface area contributed by atoms with Gasteiger partial charge in [0.25, 0.3) is 0 Å². The second kappa shape index (κ2) is 5.89. The summed E-state index contributed by atoms with van der Waals surface area (Å²) in [6.07, 6.45) is 3.08. The molecule has 0 bridgehead atoms. The first-order valence-corrected chi connectivity index (χ1v) is 7.68. The summed E-state index contributed by atoms with van der Waals surface area (Å²) in [5.41, 5.74) is 0.314. The Balaban J connectivity index is 1.78. The Hall–Kier alpha value is -0.120. The molecule has 1 aliphatic heterocycles. The minimum atomic E-state index is 0.314. The molecule has 3 unspecified atom stereocenters. The zero-order valence-corrected chi connectivity index (χ0v) is 12.5. The molecule has 1 aliphatic carbocycles.